The lowest BCUT2D eigenvalue weighted by molar-refractivity contribution is -0.158. The van der Waals surface area contributed by atoms with Gasteiger partial charge < -0.3 is 19.5 Å². The van der Waals surface area contributed by atoms with Gasteiger partial charge in [-0.15, -0.1) is 0 Å². The molecule has 33 heavy (non-hydrogen) atoms. The molecule has 2 aromatic carbocycles. The van der Waals surface area contributed by atoms with E-state index in [0.29, 0.717) is 5.02 Å². The summed E-state index contributed by atoms with van der Waals surface area (Å²) in [6.07, 6.45) is -1.90. The molecule has 0 aliphatic rings. The molecule has 0 saturated heterocycles. The van der Waals surface area contributed by atoms with Gasteiger partial charge in [-0.2, -0.15) is 0 Å². The second kappa shape index (κ2) is 11.0. The number of carbonyl (C=O) groups is 2. The van der Waals surface area contributed by atoms with E-state index in [9.17, 15) is 19.8 Å². The molecule has 0 fully saturated rings. The van der Waals surface area contributed by atoms with E-state index < -0.39 is 30.0 Å². The van der Waals surface area contributed by atoms with E-state index >= 15 is 0 Å². The molecule has 3 rings (SSSR count). The van der Waals surface area contributed by atoms with Crippen LogP contribution >= 0.6 is 11.6 Å². The Labute approximate surface area is 195 Å². The van der Waals surface area contributed by atoms with Gasteiger partial charge >= 0.3 is 11.9 Å². The molecule has 1 aromatic heterocycles. The number of amides is 1. The quantitative estimate of drug-likeness (QED) is 0.319. The normalized spacial score (nSPS) is 12.1. The zero-order chi connectivity index (χ0) is 24.0. The van der Waals surface area contributed by atoms with Crippen LogP contribution in [0.1, 0.15) is 30.0 Å². The van der Waals surface area contributed by atoms with Crippen LogP contribution in [0.3, 0.4) is 0 Å². The number of aliphatic hydroxyl groups is 1. The third-order valence-corrected chi connectivity index (χ3v) is 4.72. The highest BCUT2D eigenvalue weighted by Crippen LogP contribution is 2.23. The van der Waals surface area contributed by atoms with E-state index in [4.69, 9.17) is 20.9 Å². The largest absolute Gasteiger partial charge is 0.491 e. The maximum Gasteiger partial charge on any atom is 0.336 e. The van der Waals surface area contributed by atoms with Crippen molar-refractivity contribution in [2.45, 2.75) is 32.6 Å². The van der Waals surface area contributed by atoms with Crippen LogP contribution in [0, 0.1) is 0 Å². The Morgan fingerprint density at radius 1 is 1.15 bits per heavy atom. The SMILES string of the molecule is CC(C)OC(=O)C(O)CN(Cc1ccc(-c2cccc(Cl)c2)cc1)NC(=O)c1cc(O)no1. The van der Waals surface area contributed by atoms with E-state index in [1.165, 1.54) is 5.01 Å². The second-order valence-electron chi connectivity index (χ2n) is 7.58. The first kappa shape index (κ1) is 24.2. The molecule has 3 N–H and O–H groups in total. The smallest absolute Gasteiger partial charge is 0.336 e. The molecule has 0 bridgehead atoms. The zero-order valence-electron chi connectivity index (χ0n) is 18.1. The predicted octanol–water partition coefficient (Wildman–Crippen LogP) is 3.16. The molecule has 9 nitrogen and oxygen atoms in total. The molecule has 1 unspecified atom stereocenters. The number of nitrogens with zero attached hydrogens (tertiary/aromatic N) is 2. The molecule has 174 valence electrons. The average Bonchev–Trinajstić information content (AvgIpc) is 3.20. The van der Waals surface area contributed by atoms with Gasteiger partial charge in [0.15, 0.2) is 6.10 Å². The summed E-state index contributed by atoms with van der Waals surface area (Å²) < 4.78 is 9.78. The Morgan fingerprint density at radius 2 is 1.88 bits per heavy atom. The molecule has 0 aliphatic heterocycles. The Bertz CT molecular complexity index is 1100. The number of ether oxygens (including phenoxy) is 1. The van der Waals surface area contributed by atoms with Crippen molar-refractivity contribution < 1.29 is 29.1 Å². The number of hydrogen-bond acceptors (Lipinski definition) is 8. The summed E-state index contributed by atoms with van der Waals surface area (Å²) in [5.41, 5.74) is 5.26. The highest BCUT2D eigenvalue weighted by Gasteiger charge is 2.24. The van der Waals surface area contributed by atoms with Gasteiger partial charge in [-0.05, 0) is 47.8 Å². The lowest BCUT2D eigenvalue weighted by Gasteiger charge is -2.25. The third-order valence-electron chi connectivity index (χ3n) is 4.48. The van der Waals surface area contributed by atoms with Crippen LogP contribution in [0.5, 0.6) is 5.88 Å². The van der Waals surface area contributed by atoms with Crippen LogP contribution in [0.4, 0.5) is 0 Å². The molecule has 1 amide bonds. The number of nitrogens with one attached hydrogen (secondary N) is 1. The van der Waals surface area contributed by atoms with Crippen molar-refractivity contribution in [1.82, 2.24) is 15.6 Å². The first-order valence-electron chi connectivity index (χ1n) is 10.2. The van der Waals surface area contributed by atoms with Gasteiger partial charge in [0, 0.05) is 11.6 Å². The van der Waals surface area contributed by atoms with Crippen LogP contribution < -0.4 is 5.43 Å². The number of carbonyl (C=O) groups excluding carboxylic acids is 2. The van der Waals surface area contributed by atoms with Gasteiger partial charge in [0.05, 0.1) is 18.7 Å². The van der Waals surface area contributed by atoms with Crippen LogP contribution in [0.25, 0.3) is 11.1 Å². The van der Waals surface area contributed by atoms with Crippen LogP contribution in [0.15, 0.2) is 59.1 Å². The van der Waals surface area contributed by atoms with Gasteiger partial charge in [0.1, 0.15) is 0 Å². The number of aromatic hydroxyl groups is 1. The summed E-state index contributed by atoms with van der Waals surface area (Å²) in [6, 6.07) is 16.0. The molecule has 0 radical (unpaired) electrons. The van der Waals surface area contributed by atoms with Crippen molar-refractivity contribution in [2.75, 3.05) is 6.54 Å². The average molecular weight is 474 g/mol. The minimum Gasteiger partial charge on any atom is -0.491 e. The Balaban J connectivity index is 1.74. The maximum absolute atomic E-state index is 12.5. The Hall–Kier alpha value is -3.40. The van der Waals surface area contributed by atoms with E-state index in [1.54, 1.807) is 19.9 Å². The first-order valence-corrected chi connectivity index (χ1v) is 10.5. The number of hydrogen-bond donors (Lipinski definition) is 3. The topological polar surface area (TPSA) is 125 Å². The molecule has 0 saturated carbocycles. The number of hydrazine groups is 1. The summed E-state index contributed by atoms with van der Waals surface area (Å²) in [7, 11) is 0. The number of aliphatic hydroxyl groups excluding tert-OH is 1. The van der Waals surface area contributed by atoms with Crippen LogP contribution in [-0.2, 0) is 16.1 Å². The number of benzene rings is 2. The lowest BCUT2D eigenvalue weighted by atomic mass is 10.0. The third kappa shape index (κ3) is 7.04. The van der Waals surface area contributed by atoms with Crippen LogP contribution in [-0.4, -0.2) is 51.0 Å². The van der Waals surface area contributed by atoms with E-state index in [0.717, 1.165) is 22.8 Å². The minimum absolute atomic E-state index is 0.160. The second-order valence-corrected chi connectivity index (χ2v) is 8.02. The summed E-state index contributed by atoms with van der Waals surface area (Å²) in [6.45, 7) is 3.26. The predicted molar refractivity (Wildman–Crippen MR) is 120 cm³/mol. The minimum atomic E-state index is -1.50. The van der Waals surface area contributed by atoms with Crippen LogP contribution in [0.2, 0.25) is 5.02 Å². The molecule has 1 heterocycles. The van der Waals surface area contributed by atoms with Gasteiger partial charge in [0.2, 0.25) is 5.76 Å². The highest BCUT2D eigenvalue weighted by molar-refractivity contribution is 6.30. The Kier molecular flexibility index (Phi) is 8.05. The molecule has 1 atom stereocenters. The standard InChI is InChI=1S/C23H24ClN3O6/c1-14(2)32-23(31)19(28)13-27(25-22(30)20-11-21(29)26-33-20)12-15-6-8-16(9-7-15)17-4-3-5-18(24)10-17/h3-11,14,19,28H,12-13H2,1-2H3,(H,25,30)(H,26,29). The van der Waals surface area contributed by atoms with Crippen molar-refractivity contribution in [3.63, 3.8) is 0 Å². The molecule has 3 aromatic rings. The van der Waals surface area contributed by atoms with Gasteiger partial charge in [0.25, 0.3) is 5.88 Å². The van der Waals surface area contributed by atoms with Crippen molar-refractivity contribution in [2.24, 2.45) is 0 Å². The van der Waals surface area contributed by atoms with E-state index in [-0.39, 0.29) is 18.8 Å². The van der Waals surface area contributed by atoms with Crippen molar-refractivity contribution in [3.8, 4) is 17.0 Å². The molecule has 0 aliphatic carbocycles. The van der Waals surface area contributed by atoms with Crippen molar-refractivity contribution in [1.29, 1.82) is 0 Å². The number of halogens is 1. The van der Waals surface area contributed by atoms with E-state index in [2.05, 4.69) is 10.6 Å². The number of aromatic nitrogens is 1. The molecule has 0 spiro atoms. The molecular weight excluding hydrogens is 450 g/mol. The van der Waals surface area contributed by atoms with Crippen molar-refractivity contribution in [3.05, 3.63) is 70.9 Å². The number of esters is 1. The summed E-state index contributed by atoms with van der Waals surface area (Å²) >= 11 is 6.06. The Morgan fingerprint density at radius 3 is 2.48 bits per heavy atom. The first-order chi connectivity index (χ1) is 15.7. The molecular formula is C23H24ClN3O6. The summed E-state index contributed by atoms with van der Waals surface area (Å²) in [5, 5.41) is 24.8. The highest BCUT2D eigenvalue weighted by atomic mass is 35.5. The zero-order valence-corrected chi connectivity index (χ0v) is 18.8. The summed E-state index contributed by atoms with van der Waals surface area (Å²) in [5.74, 6) is -2.18. The summed E-state index contributed by atoms with van der Waals surface area (Å²) in [4.78, 5) is 24.5. The van der Waals surface area contributed by atoms with E-state index in [1.807, 2.05) is 42.5 Å². The fourth-order valence-electron chi connectivity index (χ4n) is 3.01. The lowest BCUT2D eigenvalue weighted by Crippen LogP contribution is -2.47. The monoisotopic (exact) mass is 473 g/mol. The number of rotatable bonds is 9. The molecule has 10 heteroatoms. The van der Waals surface area contributed by atoms with Gasteiger partial charge in [-0.25, -0.2) is 9.80 Å². The fourth-order valence-corrected chi connectivity index (χ4v) is 3.20. The van der Waals surface area contributed by atoms with Gasteiger partial charge in [-0.3, -0.25) is 10.2 Å². The van der Waals surface area contributed by atoms with Crippen molar-refractivity contribution >= 4 is 23.5 Å². The van der Waals surface area contributed by atoms with Gasteiger partial charge in [-0.1, -0.05) is 48.0 Å². The maximum atomic E-state index is 12.5. The fraction of sp³-hybridized carbons (Fsp3) is 0.261.